The van der Waals surface area contributed by atoms with Crippen LogP contribution < -0.4 is 11.3 Å². The van der Waals surface area contributed by atoms with Crippen LogP contribution in [-0.2, 0) is 10.0 Å². The molecule has 2 rings (SSSR count). The molecule has 0 bridgehead atoms. The molecule has 0 radical (unpaired) electrons. The van der Waals surface area contributed by atoms with E-state index < -0.39 is 10.0 Å². The SMILES string of the molecule is CCCN(CC1CC1)S(=O)(=O)c1ccccc1NN. The first-order chi connectivity index (χ1) is 9.09. The van der Waals surface area contributed by atoms with Crippen molar-refractivity contribution in [2.45, 2.75) is 31.1 Å². The number of nitrogens with one attached hydrogen (secondary N) is 1. The van der Waals surface area contributed by atoms with Gasteiger partial charge in [-0.05, 0) is 37.3 Å². The van der Waals surface area contributed by atoms with Crippen LogP contribution in [-0.4, -0.2) is 25.8 Å². The number of nitrogens with zero attached hydrogens (tertiary/aromatic N) is 1. The third kappa shape index (κ3) is 3.26. The molecule has 6 heteroatoms. The van der Waals surface area contributed by atoms with E-state index in [0.717, 1.165) is 19.3 Å². The maximum atomic E-state index is 12.7. The van der Waals surface area contributed by atoms with Gasteiger partial charge in [-0.15, -0.1) is 0 Å². The highest BCUT2D eigenvalue weighted by atomic mass is 32.2. The topological polar surface area (TPSA) is 75.4 Å². The van der Waals surface area contributed by atoms with Gasteiger partial charge in [-0.1, -0.05) is 19.1 Å². The second kappa shape index (κ2) is 5.90. The van der Waals surface area contributed by atoms with Crippen LogP contribution in [0.25, 0.3) is 0 Å². The van der Waals surface area contributed by atoms with Crippen LogP contribution in [0.3, 0.4) is 0 Å². The van der Waals surface area contributed by atoms with Crippen molar-refractivity contribution in [1.82, 2.24) is 4.31 Å². The Bertz CT molecular complexity index is 526. The molecule has 1 aromatic rings. The standard InChI is InChI=1S/C13H21N3O2S/c1-2-9-16(10-11-7-8-11)19(17,18)13-6-4-3-5-12(13)15-14/h3-6,11,15H,2,7-10,14H2,1H3. The molecule has 5 nitrogen and oxygen atoms in total. The van der Waals surface area contributed by atoms with Gasteiger partial charge < -0.3 is 5.43 Å². The van der Waals surface area contributed by atoms with E-state index in [1.54, 1.807) is 28.6 Å². The molecular weight excluding hydrogens is 262 g/mol. The number of anilines is 1. The molecule has 1 fully saturated rings. The lowest BCUT2D eigenvalue weighted by Crippen LogP contribution is -2.34. The minimum absolute atomic E-state index is 0.256. The second-order valence-electron chi connectivity index (χ2n) is 4.95. The fourth-order valence-corrected chi connectivity index (χ4v) is 3.86. The minimum atomic E-state index is -3.47. The Morgan fingerprint density at radius 1 is 1.37 bits per heavy atom. The summed E-state index contributed by atoms with van der Waals surface area (Å²) < 4.78 is 27.0. The van der Waals surface area contributed by atoms with E-state index in [1.165, 1.54) is 0 Å². The fourth-order valence-electron chi connectivity index (χ4n) is 2.10. The van der Waals surface area contributed by atoms with Crippen LogP contribution in [0, 0.1) is 5.92 Å². The summed E-state index contributed by atoms with van der Waals surface area (Å²) in [5, 5.41) is 0. The molecule has 106 valence electrons. The van der Waals surface area contributed by atoms with E-state index in [4.69, 9.17) is 5.84 Å². The van der Waals surface area contributed by atoms with Crippen molar-refractivity contribution in [3.05, 3.63) is 24.3 Å². The molecule has 0 unspecified atom stereocenters. The highest BCUT2D eigenvalue weighted by Gasteiger charge is 2.32. The van der Waals surface area contributed by atoms with Crippen molar-refractivity contribution in [2.24, 2.45) is 11.8 Å². The van der Waals surface area contributed by atoms with E-state index in [2.05, 4.69) is 5.43 Å². The molecular formula is C13H21N3O2S. The molecule has 1 saturated carbocycles. The van der Waals surface area contributed by atoms with Crippen LogP contribution in [0.15, 0.2) is 29.2 Å². The van der Waals surface area contributed by atoms with Crippen molar-refractivity contribution < 1.29 is 8.42 Å². The summed E-state index contributed by atoms with van der Waals surface area (Å²) >= 11 is 0. The van der Waals surface area contributed by atoms with Gasteiger partial charge in [-0.2, -0.15) is 4.31 Å². The van der Waals surface area contributed by atoms with Gasteiger partial charge in [0.1, 0.15) is 4.90 Å². The Hall–Kier alpha value is -1.11. The first kappa shape index (κ1) is 14.3. The Morgan fingerprint density at radius 3 is 2.63 bits per heavy atom. The molecule has 1 aliphatic carbocycles. The van der Waals surface area contributed by atoms with Gasteiger partial charge in [-0.3, -0.25) is 5.84 Å². The molecule has 1 aliphatic rings. The molecule has 0 aliphatic heterocycles. The minimum Gasteiger partial charge on any atom is -0.323 e. The summed E-state index contributed by atoms with van der Waals surface area (Å²) in [4.78, 5) is 0.256. The summed E-state index contributed by atoms with van der Waals surface area (Å²) in [7, 11) is -3.47. The van der Waals surface area contributed by atoms with E-state index in [1.807, 2.05) is 6.92 Å². The number of benzene rings is 1. The van der Waals surface area contributed by atoms with Crippen molar-refractivity contribution in [3.63, 3.8) is 0 Å². The molecule has 0 aromatic heterocycles. The Balaban J connectivity index is 2.31. The summed E-state index contributed by atoms with van der Waals surface area (Å²) in [6.45, 7) is 3.16. The van der Waals surface area contributed by atoms with E-state index >= 15 is 0 Å². The van der Waals surface area contributed by atoms with Crippen molar-refractivity contribution in [3.8, 4) is 0 Å². The zero-order valence-corrected chi connectivity index (χ0v) is 12.0. The molecule has 0 spiro atoms. The summed E-state index contributed by atoms with van der Waals surface area (Å²) in [5.74, 6) is 5.93. The molecule has 19 heavy (non-hydrogen) atoms. The highest BCUT2D eigenvalue weighted by molar-refractivity contribution is 7.89. The molecule has 0 heterocycles. The van der Waals surface area contributed by atoms with E-state index in [0.29, 0.717) is 24.7 Å². The van der Waals surface area contributed by atoms with Crippen LogP contribution in [0.2, 0.25) is 0 Å². The number of para-hydroxylation sites is 1. The van der Waals surface area contributed by atoms with Gasteiger partial charge in [0.15, 0.2) is 0 Å². The maximum Gasteiger partial charge on any atom is 0.245 e. The quantitative estimate of drug-likeness (QED) is 0.591. The summed E-state index contributed by atoms with van der Waals surface area (Å²) in [5.41, 5.74) is 2.91. The van der Waals surface area contributed by atoms with Crippen LogP contribution >= 0.6 is 0 Å². The van der Waals surface area contributed by atoms with Gasteiger partial charge in [0, 0.05) is 13.1 Å². The molecule has 0 amide bonds. The smallest absolute Gasteiger partial charge is 0.245 e. The Kier molecular flexibility index (Phi) is 4.44. The third-order valence-electron chi connectivity index (χ3n) is 3.29. The zero-order chi connectivity index (χ0) is 13.9. The lowest BCUT2D eigenvalue weighted by molar-refractivity contribution is 0.396. The highest BCUT2D eigenvalue weighted by Crippen LogP contribution is 2.32. The summed E-state index contributed by atoms with van der Waals surface area (Å²) in [6, 6.07) is 6.75. The molecule has 0 atom stereocenters. The van der Waals surface area contributed by atoms with Crippen LogP contribution in [0.4, 0.5) is 5.69 Å². The van der Waals surface area contributed by atoms with E-state index in [9.17, 15) is 8.42 Å². The van der Waals surface area contributed by atoms with Crippen molar-refractivity contribution >= 4 is 15.7 Å². The fraction of sp³-hybridized carbons (Fsp3) is 0.538. The Labute approximate surface area is 114 Å². The monoisotopic (exact) mass is 283 g/mol. The molecule has 3 N–H and O–H groups in total. The van der Waals surface area contributed by atoms with Crippen molar-refractivity contribution in [2.75, 3.05) is 18.5 Å². The number of hydrogen-bond donors (Lipinski definition) is 2. The number of nitrogen functional groups attached to an aromatic ring is 1. The number of sulfonamides is 1. The maximum absolute atomic E-state index is 12.7. The van der Waals surface area contributed by atoms with Gasteiger partial charge in [0.25, 0.3) is 0 Å². The Morgan fingerprint density at radius 2 is 2.05 bits per heavy atom. The van der Waals surface area contributed by atoms with E-state index in [-0.39, 0.29) is 4.90 Å². The number of hydrogen-bond acceptors (Lipinski definition) is 4. The van der Waals surface area contributed by atoms with Crippen LogP contribution in [0.1, 0.15) is 26.2 Å². The predicted molar refractivity (Wildman–Crippen MR) is 76.0 cm³/mol. The lowest BCUT2D eigenvalue weighted by Gasteiger charge is -2.22. The van der Waals surface area contributed by atoms with Gasteiger partial charge in [0.2, 0.25) is 10.0 Å². The van der Waals surface area contributed by atoms with Gasteiger partial charge in [-0.25, -0.2) is 8.42 Å². The summed E-state index contributed by atoms with van der Waals surface area (Å²) in [6.07, 6.45) is 3.07. The first-order valence-corrected chi connectivity index (χ1v) is 8.09. The molecule has 0 saturated heterocycles. The second-order valence-corrected chi connectivity index (χ2v) is 6.85. The largest absolute Gasteiger partial charge is 0.323 e. The van der Waals surface area contributed by atoms with Gasteiger partial charge in [0.05, 0.1) is 5.69 Å². The lowest BCUT2D eigenvalue weighted by atomic mass is 10.3. The average molecular weight is 283 g/mol. The van der Waals surface area contributed by atoms with Crippen LogP contribution in [0.5, 0.6) is 0 Å². The zero-order valence-electron chi connectivity index (χ0n) is 11.2. The predicted octanol–water partition coefficient (Wildman–Crippen LogP) is 1.78. The first-order valence-electron chi connectivity index (χ1n) is 6.65. The number of hydrazine groups is 1. The van der Waals surface area contributed by atoms with Crippen molar-refractivity contribution in [1.29, 1.82) is 0 Å². The number of nitrogens with two attached hydrogens (primary N) is 1. The third-order valence-corrected chi connectivity index (χ3v) is 5.22. The number of rotatable bonds is 7. The average Bonchev–Trinajstić information content (AvgIpc) is 3.22. The molecule has 1 aromatic carbocycles. The normalized spacial score (nSPS) is 15.7. The van der Waals surface area contributed by atoms with Gasteiger partial charge >= 0.3 is 0 Å².